The van der Waals surface area contributed by atoms with Gasteiger partial charge in [-0.2, -0.15) is 5.26 Å². The number of carbonyl (C=O) groups is 4. The molecule has 0 saturated carbocycles. The van der Waals surface area contributed by atoms with Crippen LogP contribution < -0.4 is 11.1 Å². The molecule has 164 valence electrons. The van der Waals surface area contributed by atoms with Gasteiger partial charge >= 0.3 is 5.97 Å². The van der Waals surface area contributed by atoms with Crippen molar-refractivity contribution in [1.82, 2.24) is 10.2 Å². The summed E-state index contributed by atoms with van der Waals surface area (Å²) >= 11 is 0. The van der Waals surface area contributed by atoms with Crippen LogP contribution in [0, 0.1) is 11.3 Å². The van der Waals surface area contributed by atoms with Crippen molar-refractivity contribution in [3.63, 3.8) is 0 Å². The average Bonchev–Trinajstić information content (AvgIpc) is 2.99. The number of nitrogens with zero attached hydrogens (tertiary/aromatic N) is 3. The summed E-state index contributed by atoms with van der Waals surface area (Å²) in [5.74, 6) is -2.91. The number of fused-ring (bicyclic) bond motifs is 1. The minimum atomic E-state index is -1.69. The van der Waals surface area contributed by atoms with E-state index in [1.165, 1.54) is 12.1 Å². The van der Waals surface area contributed by atoms with Crippen molar-refractivity contribution in [2.45, 2.75) is 44.6 Å². The third-order valence-corrected chi connectivity index (χ3v) is 5.05. The van der Waals surface area contributed by atoms with Gasteiger partial charge in [0, 0.05) is 13.0 Å². The van der Waals surface area contributed by atoms with Gasteiger partial charge in [-0.25, -0.2) is 0 Å². The highest BCUT2D eigenvalue weighted by molar-refractivity contribution is 6.23. The number of amides is 3. The topological polar surface area (TPSA) is 166 Å². The minimum Gasteiger partial charge on any atom is -0.480 e. The summed E-state index contributed by atoms with van der Waals surface area (Å²) in [4.78, 5) is 55.4. The number of benzene rings is 1. The van der Waals surface area contributed by atoms with Gasteiger partial charge in [-0.15, -0.1) is 0 Å². The molecule has 10 nitrogen and oxygen atoms in total. The van der Waals surface area contributed by atoms with Gasteiger partial charge in [0.05, 0.1) is 23.0 Å². The standard InChI is InChI=1S/C21H25N5O5/c1-14(23)24-12-5-4-9-21(10-6-11-22,20(31)25-13-17(27)28)26-18(29)15-7-2-3-8-16(15)19(26)30/h2-3,7-8H,4-6,9-10,12-13H2,1H3,(H2,23,24)(H,25,31)(H,27,28). The van der Waals surface area contributed by atoms with Crippen LogP contribution in [0.5, 0.6) is 0 Å². The van der Waals surface area contributed by atoms with E-state index in [0.29, 0.717) is 25.2 Å². The number of nitriles is 1. The first kappa shape index (κ1) is 23.5. The molecule has 0 bridgehead atoms. The molecule has 31 heavy (non-hydrogen) atoms. The van der Waals surface area contributed by atoms with E-state index in [2.05, 4.69) is 10.3 Å². The van der Waals surface area contributed by atoms with Crippen LogP contribution in [-0.4, -0.2) is 58.2 Å². The average molecular weight is 427 g/mol. The van der Waals surface area contributed by atoms with Crippen LogP contribution in [0.15, 0.2) is 29.3 Å². The number of rotatable bonds is 11. The third kappa shape index (κ3) is 5.25. The Bertz CT molecular complexity index is 913. The van der Waals surface area contributed by atoms with Gasteiger partial charge in [0.15, 0.2) is 0 Å². The molecular weight excluding hydrogens is 402 g/mol. The van der Waals surface area contributed by atoms with Crippen molar-refractivity contribution in [3.05, 3.63) is 35.4 Å². The second kappa shape index (κ2) is 10.3. The van der Waals surface area contributed by atoms with Crippen LogP contribution in [-0.2, 0) is 9.59 Å². The van der Waals surface area contributed by atoms with Crippen LogP contribution in [0.3, 0.4) is 0 Å². The molecule has 0 saturated heterocycles. The molecule has 4 N–H and O–H groups in total. The maximum atomic E-state index is 13.2. The fraction of sp³-hybridized carbons (Fsp3) is 0.429. The summed E-state index contributed by atoms with van der Waals surface area (Å²) in [5.41, 5.74) is 4.17. The first-order valence-corrected chi connectivity index (χ1v) is 9.86. The minimum absolute atomic E-state index is 0.0603. The van der Waals surface area contributed by atoms with Gasteiger partial charge in [0.2, 0.25) is 5.91 Å². The van der Waals surface area contributed by atoms with Gasteiger partial charge in [0.25, 0.3) is 11.8 Å². The maximum Gasteiger partial charge on any atom is 0.322 e. The fourth-order valence-electron chi connectivity index (χ4n) is 3.62. The summed E-state index contributed by atoms with van der Waals surface area (Å²) in [6, 6.07) is 8.17. The molecule has 0 spiro atoms. The third-order valence-electron chi connectivity index (χ3n) is 5.05. The van der Waals surface area contributed by atoms with Crippen LogP contribution in [0.4, 0.5) is 0 Å². The molecule has 0 aromatic heterocycles. The van der Waals surface area contributed by atoms with Crippen molar-refractivity contribution in [3.8, 4) is 6.07 Å². The van der Waals surface area contributed by atoms with Gasteiger partial charge in [0.1, 0.15) is 12.1 Å². The van der Waals surface area contributed by atoms with E-state index >= 15 is 0 Å². The molecule has 1 aliphatic heterocycles. The number of aliphatic imine (C=N–C) groups is 1. The predicted molar refractivity (Wildman–Crippen MR) is 111 cm³/mol. The molecule has 1 aromatic rings. The van der Waals surface area contributed by atoms with E-state index in [9.17, 15) is 19.2 Å². The van der Waals surface area contributed by atoms with Crippen molar-refractivity contribution in [2.75, 3.05) is 13.1 Å². The molecule has 3 amide bonds. The van der Waals surface area contributed by atoms with Crippen molar-refractivity contribution >= 4 is 29.5 Å². The highest BCUT2D eigenvalue weighted by Gasteiger charge is 2.52. The summed E-state index contributed by atoms with van der Waals surface area (Å²) < 4.78 is 0. The molecule has 1 heterocycles. The zero-order valence-electron chi connectivity index (χ0n) is 17.3. The molecular formula is C21H25N5O5. The van der Waals surface area contributed by atoms with Gasteiger partial charge in [-0.3, -0.25) is 29.1 Å². The highest BCUT2D eigenvalue weighted by Crippen LogP contribution is 2.36. The Morgan fingerprint density at radius 1 is 1.19 bits per heavy atom. The smallest absolute Gasteiger partial charge is 0.322 e. The maximum absolute atomic E-state index is 13.2. The Labute approximate surface area is 179 Å². The molecule has 0 fully saturated rings. The summed E-state index contributed by atoms with van der Waals surface area (Å²) in [6.07, 6.45) is 0.770. The van der Waals surface area contributed by atoms with Gasteiger partial charge in [-0.1, -0.05) is 12.1 Å². The van der Waals surface area contributed by atoms with E-state index < -0.39 is 35.8 Å². The molecule has 1 aromatic carbocycles. The molecule has 10 heteroatoms. The second-order valence-corrected chi connectivity index (χ2v) is 7.24. The normalized spacial score (nSPS) is 15.2. The fourth-order valence-corrected chi connectivity index (χ4v) is 3.62. The summed E-state index contributed by atoms with van der Waals surface area (Å²) in [7, 11) is 0. The Hall–Kier alpha value is -3.74. The zero-order valence-corrected chi connectivity index (χ0v) is 17.3. The number of nitrogens with two attached hydrogens (primary N) is 1. The second-order valence-electron chi connectivity index (χ2n) is 7.24. The SMILES string of the molecule is CC(N)=NCCCCC(CCC#N)(C(=O)NCC(=O)O)N1C(=O)c2ccccc2C1=O. The first-order chi connectivity index (χ1) is 14.7. The number of hydrogen-bond acceptors (Lipinski definition) is 6. The van der Waals surface area contributed by atoms with E-state index in [1.807, 2.05) is 6.07 Å². The number of amidine groups is 1. The van der Waals surface area contributed by atoms with Crippen LogP contribution >= 0.6 is 0 Å². The van der Waals surface area contributed by atoms with Gasteiger partial charge < -0.3 is 16.2 Å². The van der Waals surface area contributed by atoms with E-state index in [0.717, 1.165) is 4.90 Å². The number of aliphatic carboxylic acids is 1. The number of unbranched alkanes of at least 4 members (excludes halogenated alkanes) is 1. The number of nitrogens with one attached hydrogen (secondary N) is 1. The van der Waals surface area contributed by atoms with Crippen molar-refractivity contribution in [2.24, 2.45) is 10.7 Å². The number of carbonyl (C=O) groups excluding carboxylic acids is 3. The van der Waals surface area contributed by atoms with E-state index in [1.54, 1.807) is 19.1 Å². The molecule has 1 aliphatic rings. The Morgan fingerprint density at radius 3 is 2.32 bits per heavy atom. The van der Waals surface area contributed by atoms with Crippen LogP contribution in [0.25, 0.3) is 0 Å². The highest BCUT2D eigenvalue weighted by atomic mass is 16.4. The Kier molecular flexibility index (Phi) is 7.85. The molecule has 1 unspecified atom stereocenters. The Morgan fingerprint density at radius 2 is 1.81 bits per heavy atom. The van der Waals surface area contributed by atoms with Crippen LogP contribution in [0.2, 0.25) is 0 Å². The number of carboxylic acids is 1. The lowest BCUT2D eigenvalue weighted by atomic mass is 9.84. The predicted octanol–water partition coefficient (Wildman–Crippen LogP) is 1.07. The Balaban J connectivity index is 2.43. The first-order valence-electron chi connectivity index (χ1n) is 9.86. The van der Waals surface area contributed by atoms with Crippen molar-refractivity contribution in [1.29, 1.82) is 5.26 Å². The number of hydrogen-bond donors (Lipinski definition) is 3. The molecule has 0 aliphatic carbocycles. The van der Waals surface area contributed by atoms with E-state index in [4.69, 9.17) is 16.1 Å². The number of imide groups is 1. The molecule has 1 atom stereocenters. The molecule has 0 radical (unpaired) electrons. The largest absolute Gasteiger partial charge is 0.480 e. The lowest BCUT2D eigenvalue weighted by Crippen LogP contribution is -2.61. The van der Waals surface area contributed by atoms with Crippen LogP contribution in [0.1, 0.15) is 59.7 Å². The molecule has 2 rings (SSSR count). The lowest BCUT2D eigenvalue weighted by Gasteiger charge is -2.39. The quantitative estimate of drug-likeness (QED) is 0.205. The summed E-state index contributed by atoms with van der Waals surface area (Å²) in [6.45, 7) is 1.37. The summed E-state index contributed by atoms with van der Waals surface area (Å²) in [5, 5.41) is 20.4. The van der Waals surface area contributed by atoms with Crippen molar-refractivity contribution < 1.29 is 24.3 Å². The number of carboxylic acid groups (broad SMARTS) is 1. The van der Waals surface area contributed by atoms with E-state index in [-0.39, 0.29) is 30.4 Å². The van der Waals surface area contributed by atoms with Gasteiger partial charge in [-0.05, 0) is 44.7 Å². The monoisotopic (exact) mass is 427 g/mol. The lowest BCUT2D eigenvalue weighted by molar-refractivity contribution is -0.140. The zero-order chi connectivity index (χ0) is 23.0.